The molecule has 0 saturated carbocycles. The molecule has 7 nitrogen and oxygen atoms in total. The molecule has 1 saturated heterocycles. The first-order chi connectivity index (χ1) is 17.0. The van der Waals surface area contributed by atoms with E-state index in [1.165, 1.54) is 23.0 Å². The number of aromatic nitrogens is 2. The highest BCUT2D eigenvalue weighted by molar-refractivity contribution is 7.99. The minimum atomic E-state index is -0.136. The third kappa shape index (κ3) is 6.24. The van der Waals surface area contributed by atoms with Crippen LogP contribution in [0.15, 0.2) is 58.4 Å². The van der Waals surface area contributed by atoms with Gasteiger partial charge in [0.1, 0.15) is 0 Å². The van der Waals surface area contributed by atoms with Gasteiger partial charge in [0, 0.05) is 44.5 Å². The lowest BCUT2D eigenvalue weighted by Gasteiger charge is -2.41. The van der Waals surface area contributed by atoms with Gasteiger partial charge >= 0.3 is 0 Å². The number of hydrogen-bond acceptors (Lipinski definition) is 6. The summed E-state index contributed by atoms with van der Waals surface area (Å²) in [5, 5.41) is 3.37. The number of benzene rings is 2. The Morgan fingerprint density at radius 2 is 2.00 bits per heavy atom. The molecule has 8 heteroatoms. The van der Waals surface area contributed by atoms with Gasteiger partial charge in [0.15, 0.2) is 5.03 Å². The molecule has 2 aromatic carbocycles. The van der Waals surface area contributed by atoms with Crippen LogP contribution in [0.3, 0.4) is 0 Å². The van der Waals surface area contributed by atoms with Crippen LogP contribution in [-0.2, 0) is 11.3 Å². The Labute approximate surface area is 211 Å². The van der Waals surface area contributed by atoms with Crippen LogP contribution in [0.1, 0.15) is 25.8 Å². The maximum Gasteiger partial charge on any atom is 0.283 e. The van der Waals surface area contributed by atoms with Crippen LogP contribution in [0.4, 0.5) is 5.69 Å². The van der Waals surface area contributed by atoms with Gasteiger partial charge in [0.25, 0.3) is 5.56 Å². The standard InChI is InChI=1S/C27H35N5O2S/c1-4-31-24-12-6-5-11-23(24)29-26(27(31)34)35-19-25(33)28-13-8-14-30-15-16-32(21(3)18-30)22-10-7-9-20(2)17-22/h5-7,9-12,17,21H,4,8,13-16,18-19H2,1-3H3,(H,28,33). The Bertz CT molecular complexity index is 1230. The van der Waals surface area contributed by atoms with E-state index >= 15 is 0 Å². The van der Waals surface area contributed by atoms with E-state index in [1.807, 2.05) is 31.2 Å². The summed E-state index contributed by atoms with van der Waals surface area (Å²) in [5.41, 5.74) is 4.05. The lowest BCUT2D eigenvalue weighted by atomic mass is 10.1. The molecule has 1 aliphatic rings. The second kappa shape index (κ2) is 11.7. The fourth-order valence-corrected chi connectivity index (χ4v) is 5.49. The first kappa shape index (κ1) is 25.3. The van der Waals surface area contributed by atoms with Crippen LogP contribution in [0.25, 0.3) is 11.0 Å². The summed E-state index contributed by atoms with van der Waals surface area (Å²) in [6, 6.07) is 16.8. The van der Waals surface area contributed by atoms with Crippen molar-refractivity contribution in [2.75, 3.05) is 43.4 Å². The molecule has 1 unspecified atom stereocenters. The zero-order valence-corrected chi connectivity index (χ0v) is 21.7. The molecule has 0 bridgehead atoms. The normalized spacial score (nSPS) is 16.5. The molecular weight excluding hydrogens is 458 g/mol. The highest BCUT2D eigenvalue weighted by Crippen LogP contribution is 2.21. The van der Waals surface area contributed by atoms with Crippen molar-refractivity contribution in [2.24, 2.45) is 0 Å². The second-order valence-electron chi connectivity index (χ2n) is 9.13. The molecule has 3 aromatic rings. The topological polar surface area (TPSA) is 70.5 Å². The number of nitrogens with one attached hydrogen (secondary N) is 1. The molecular formula is C27H35N5O2S. The average molecular weight is 494 g/mol. The van der Waals surface area contributed by atoms with Gasteiger partial charge < -0.3 is 14.8 Å². The average Bonchev–Trinajstić information content (AvgIpc) is 2.85. The Balaban J connectivity index is 1.20. The van der Waals surface area contributed by atoms with Crippen molar-refractivity contribution in [1.82, 2.24) is 19.8 Å². The number of hydrogen-bond donors (Lipinski definition) is 1. The zero-order valence-electron chi connectivity index (χ0n) is 20.9. The van der Waals surface area contributed by atoms with E-state index in [0.717, 1.165) is 43.6 Å². The molecule has 1 amide bonds. The number of rotatable bonds is 9. The van der Waals surface area contributed by atoms with Crippen molar-refractivity contribution in [3.05, 3.63) is 64.4 Å². The molecule has 0 spiro atoms. The number of carbonyl (C=O) groups is 1. The Hall–Kier alpha value is -2.84. The van der Waals surface area contributed by atoms with Crippen LogP contribution in [0.2, 0.25) is 0 Å². The molecule has 0 aliphatic carbocycles. The third-order valence-corrected chi connectivity index (χ3v) is 7.44. The van der Waals surface area contributed by atoms with Crippen molar-refractivity contribution in [2.45, 2.75) is 44.8 Å². The minimum Gasteiger partial charge on any atom is -0.366 e. The molecule has 0 radical (unpaired) electrons. The van der Waals surface area contributed by atoms with Gasteiger partial charge in [-0.2, -0.15) is 0 Å². The van der Waals surface area contributed by atoms with Crippen LogP contribution < -0.4 is 15.8 Å². The SMILES string of the molecule is CCn1c(=O)c(SCC(=O)NCCCN2CCN(c3cccc(C)c3)C(C)C2)nc2ccccc21. The molecule has 35 heavy (non-hydrogen) atoms. The summed E-state index contributed by atoms with van der Waals surface area (Å²) < 4.78 is 1.71. The number of thioether (sulfide) groups is 1. The van der Waals surface area contributed by atoms with E-state index < -0.39 is 0 Å². The first-order valence-corrected chi connectivity index (χ1v) is 13.4. The van der Waals surface area contributed by atoms with E-state index in [9.17, 15) is 9.59 Å². The molecule has 1 fully saturated rings. The molecule has 2 heterocycles. The summed E-state index contributed by atoms with van der Waals surface area (Å²) in [6.45, 7) is 11.6. The van der Waals surface area contributed by atoms with Crippen LogP contribution in [0, 0.1) is 6.92 Å². The Kier molecular flexibility index (Phi) is 8.46. The largest absolute Gasteiger partial charge is 0.366 e. The van der Waals surface area contributed by atoms with Crippen molar-refractivity contribution < 1.29 is 4.79 Å². The van der Waals surface area contributed by atoms with E-state index in [-0.39, 0.29) is 17.2 Å². The van der Waals surface area contributed by atoms with Crippen LogP contribution in [-0.4, -0.2) is 64.9 Å². The summed E-state index contributed by atoms with van der Waals surface area (Å²) in [6.07, 6.45) is 0.907. The van der Waals surface area contributed by atoms with Gasteiger partial charge in [0.05, 0.1) is 16.8 Å². The van der Waals surface area contributed by atoms with E-state index in [2.05, 4.69) is 58.2 Å². The van der Waals surface area contributed by atoms with Gasteiger partial charge in [-0.05, 0) is 63.6 Å². The number of nitrogens with zero attached hydrogens (tertiary/aromatic N) is 4. The fraction of sp³-hybridized carbons (Fsp3) is 0.444. The van der Waals surface area contributed by atoms with Gasteiger partial charge in [-0.1, -0.05) is 36.0 Å². The Morgan fingerprint density at radius 1 is 1.17 bits per heavy atom. The van der Waals surface area contributed by atoms with Crippen LogP contribution >= 0.6 is 11.8 Å². The van der Waals surface area contributed by atoms with Crippen LogP contribution in [0.5, 0.6) is 0 Å². The fourth-order valence-electron chi connectivity index (χ4n) is 4.72. The first-order valence-electron chi connectivity index (χ1n) is 12.4. The molecule has 1 aromatic heterocycles. The lowest BCUT2D eigenvalue weighted by molar-refractivity contribution is -0.118. The summed E-state index contributed by atoms with van der Waals surface area (Å²) in [5.74, 6) is 0.126. The number of anilines is 1. The predicted molar refractivity (Wildman–Crippen MR) is 144 cm³/mol. The zero-order chi connectivity index (χ0) is 24.8. The van der Waals surface area contributed by atoms with Gasteiger partial charge in [-0.3, -0.25) is 14.5 Å². The van der Waals surface area contributed by atoms with E-state index in [1.54, 1.807) is 4.57 Å². The highest BCUT2D eigenvalue weighted by Gasteiger charge is 2.23. The number of amides is 1. The number of carbonyl (C=O) groups excluding carboxylic acids is 1. The van der Waals surface area contributed by atoms with Crippen molar-refractivity contribution in [1.29, 1.82) is 0 Å². The Morgan fingerprint density at radius 3 is 2.77 bits per heavy atom. The number of para-hydroxylation sites is 2. The maximum atomic E-state index is 12.8. The van der Waals surface area contributed by atoms with Crippen molar-refractivity contribution >= 4 is 34.4 Å². The summed E-state index contributed by atoms with van der Waals surface area (Å²) >= 11 is 1.21. The highest BCUT2D eigenvalue weighted by atomic mass is 32.2. The third-order valence-electron chi connectivity index (χ3n) is 6.50. The smallest absolute Gasteiger partial charge is 0.283 e. The molecule has 4 rings (SSSR count). The molecule has 1 aliphatic heterocycles. The predicted octanol–water partition coefficient (Wildman–Crippen LogP) is 3.53. The van der Waals surface area contributed by atoms with E-state index in [4.69, 9.17) is 0 Å². The summed E-state index contributed by atoms with van der Waals surface area (Å²) in [4.78, 5) is 34.6. The number of aryl methyl sites for hydroxylation is 2. The number of fused-ring (bicyclic) bond motifs is 1. The van der Waals surface area contributed by atoms with Gasteiger partial charge in [-0.25, -0.2) is 4.98 Å². The maximum absolute atomic E-state index is 12.8. The van der Waals surface area contributed by atoms with Gasteiger partial charge in [0.2, 0.25) is 5.91 Å². The number of piperazine rings is 1. The lowest BCUT2D eigenvalue weighted by Crippen LogP contribution is -2.52. The van der Waals surface area contributed by atoms with Crippen molar-refractivity contribution in [3.63, 3.8) is 0 Å². The molecule has 1 N–H and O–H groups in total. The van der Waals surface area contributed by atoms with E-state index in [0.29, 0.717) is 24.2 Å². The minimum absolute atomic E-state index is 0.0648. The molecule has 1 atom stereocenters. The molecule has 186 valence electrons. The quantitative estimate of drug-likeness (QED) is 0.363. The van der Waals surface area contributed by atoms with Crippen molar-refractivity contribution in [3.8, 4) is 0 Å². The summed E-state index contributed by atoms with van der Waals surface area (Å²) in [7, 11) is 0. The van der Waals surface area contributed by atoms with Gasteiger partial charge in [-0.15, -0.1) is 0 Å². The monoisotopic (exact) mass is 493 g/mol. The second-order valence-corrected chi connectivity index (χ2v) is 10.1.